The molecule has 0 bridgehead atoms. The average molecular weight is 265 g/mol. The smallest absolute Gasteiger partial charge is 0.0220 e. The Labute approximate surface area is 118 Å². The average Bonchev–Trinajstić information content (AvgIpc) is 3.16. The Hall–Kier alpha value is -0.120. The predicted molar refractivity (Wildman–Crippen MR) is 80.4 cm³/mol. The zero-order chi connectivity index (χ0) is 13.1. The summed E-state index contributed by atoms with van der Waals surface area (Å²) in [5.74, 6) is 1.95. The van der Waals surface area contributed by atoms with Gasteiger partial charge in [0.2, 0.25) is 0 Å². The van der Waals surface area contributed by atoms with E-state index >= 15 is 0 Å². The van der Waals surface area contributed by atoms with Gasteiger partial charge in [0.1, 0.15) is 0 Å². The van der Waals surface area contributed by atoms with E-state index in [1.807, 2.05) is 0 Å². The lowest BCUT2D eigenvalue weighted by atomic mass is 9.95. The summed E-state index contributed by atoms with van der Waals surface area (Å²) in [4.78, 5) is 5.40. The van der Waals surface area contributed by atoms with Crippen LogP contribution in [0.5, 0.6) is 0 Å². The molecular formula is C16H31N3. The van der Waals surface area contributed by atoms with Crippen molar-refractivity contribution in [2.24, 2.45) is 11.8 Å². The lowest BCUT2D eigenvalue weighted by Gasteiger charge is -2.35. The van der Waals surface area contributed by atoms with E-state index in [1.54, 1.807) is 0 Å². The molecule has 1 N–H and O–H groups in total. The van der Waals surface area contributed by atoms with Gasteiger partial charge in [-0.2, -0.15) is 0 Å². The van der Waals surface area contributed by atoms with Crippen molar-refractivity contribution in [2.75, 3.05) is 46.3 Å². The Morgan fingerprint density at radius 2 is 1.63 bits per heavy atom. The Morgan fingerprint density at radius 1 is 0.947 bits per heavy atom. The summed E-state index contributed by atoms with van der Waals surface area (Å²) in [6, 6.07) is 0.759. The van der Waals surface area contributed by atoms with Crippen molar-refractivity contribution in [3.05, 3.63) is 0 Å². The van der Waals surface area contributed by atoms with Gasteiger partial charge in [-0.1, -0.05) is 0 Å². The van der Waals surface area contributed by atoms with Crippen molar-refractivity contribution in [1.82, 2.24) is 15.1 Å². The first-order valence-electron chi connectivity index (χ1n) is 8.47. The Kier molecular flexibility index (Phi) is 4.78. The van der Waals surface area contributed by atoms with E-state index in [4.69, 9.17) is 0 Å². The molecule has 2 saturated heterocycles. The quantitative estimate of drug-likeness (QED) is 0.790. The topological polar surface area (TPSA) is 18.5 Å². The van der Waals surface area contributed by atoms with Crippen LogP contribution in [0, 0.1) is 11.8 Å². The van der Waals surface area contributed by atoms with Crippen LogP contribution in [0.3, 0.4) is 0 Å². The molecule has 0 radical (unpaired) electrons. The van der Waals surface area contributed by atoms with E-state index in [1.165, 1.54) is 77.8 Å². The first kappa shape index (κ1) is 13.8. The third kappa shape index (κ3) is 3.93. The highest BCUT2D eigenvalue weighted by atomic mass is 15.2. The molecule has 1 aliphatic carbocycles. The van der Waals surface area contributed by atoms with Crippen LogP contribution in [0.25, 0.3) is 0 Å². The maximum absolute atomic E-state index is 3.53. The van der Waals surface area contributed by atoms with Crippen LogP contribution < -0.4 is 5.32 Å². The van der Waals surface area contributed by atoms with Crippen molar-refractivity contribution in [1.29, 1.82) is 0 Å². The van der Waals surface area contributed by atoms with Crippen LogP contribution in [-0.2, 0) is 0 Å². The number of hydrogen-bond donors (Lipinski definition) is 1. The molecule has 0 aromatic carbocycles. The molecule has 0 amide bonds. The van der Waals surface area contributed by atoms with E-state index in [2.05, 4.69) is 22.2 Å². The molecule has 0 spiro atoms. The summed E-state index contributed by atoms with van der Waals surface area (Å²) < 4.78 is 0. The van der Waals surface area contributed by atoms with Crippen LogP contribution >= 0.6 is 0 Å². The molecule has 3 aliphatic rings. The fraction of sp³-hybridized carbons (Fsp3) is 1.00. The maximum Gasteiger partial charge on any atom is 0.0220 e. The van der Waals surface area contributed by atoms with Crippen molar-refractivity contribution < 1.29 is 0 Å². The molecule has 2 heterocycles. The van der Waals surface area contributed by atoms with Gasteiger partial charge in [-0.25, -0.2) is 0 Å². The minimum atomic E-state index is 0.759. The number of nitrogens with zero attached hydrogens (tertiary/aromatic N) is 2. The van der Waals surface area contributed by atoms with E-state index < -0.39 is 0 Å². The minimum Gasteiger partial charge on any atom is -0.315 e. The van der Waals surface area contributed by atoms with E-state index in [0.717, 1.165) is 17.9 Å². The highest BCUT2D eigenvalue weighted by molar-refractivity contribution is 4.88. The summed E-state index contributed by atoms with van der Waals surface area (Å²) in [5, 5.41) is 3.53. The highest BCUT2D eigenvalue weighted by Gasteiger charge is 2.32. The van der Waals surface area contributed by atoms with Crippen LogP contribution in [0.2, 0.25) is 0 Å². The normalized spacial score (nSPS) is 28.9. The van der Waals surface area contributed by atoms with Crippen LogP contribution in [-0.4, -0.2) is 62.2 Å². The second-order valence-corrected chi connectivity index (χ2v) is 6.98. The number of hydrogen-bond acceptors (Lipinski definition) is 3. The lowest BCUT2D eigenvalue weighted by Crippen LogP contribution is -2.45. The zero-order valence-corrected chi connectivity index (χ0v) is 12.6. The van der Waals surface area contributed by atoms with Crippen molar-refractivity contribution in [3.63, 3.8) is 0 Å². The van der Waals surface area contributed by atoms with Crippen LogP contribution in [0.15, 0.2) is 0 Å². The van der Waals surface area contributed by atoms with Gasteiger partial charge in [0.15, 0.2) is 0 Å². The Balaban J connectivity index is 1.36. The van der Waals surface area contributed by atoms with Crippen LogP contribution in [0.4, 0.5) is 0 Å². The predicted octanol–water partition coefficient (Wildman–Crippen LogP) is 1.79. The Morgan fingerprint density at radius 3 is 2.21 bits per heavy atom. The standard InChI is InChI=1S/C16H31N3/c1-17-16(15-4-5-15)13-19-10-6-14(7-11-19)12-18-8-2-3-9-18/h14-17H,2-13H2,1H3. The first-order valence-corrected chi connectivity index (χ1v) is 8.47. The fourth-order valence-corrected chi connectivity index (χ4v) is 3.93. The second kappa shape index (κ2) is 6.55. The maximum atomic E-state index is 3.53. The van der Waals surface area contributed by atoms with Gasteiger partial charge in [-0.15, -0.1) is 0 Å². The molecule has 3 nitrogen and oxygen atoms in total. The third-order valence-electron chi connectivity index (χ3n) is 5.44. The third-order valence-corrected chi connectivity index (χ3v) is 5.44. The largest absolute Gasteiger partial charge is 0.315 e. The van der Waals surface area contributed by atoms with E-state index in [0.29, 0.717) is 0 Å². The molecule has 3 rings (SSSR count). The molecule has 3 fully saturated rings. The molecule has 0 aromatic heterocycles. The van der Waals surface area contributed by atoms with E-state index in [-0.39, 0.29) is 0 Å². The van der Waals surface area contributed by atoms with Gasteiger partial charge in [0.25, 0.3) is 0 Å². The number of rotatable bonds is 6. The van der Waals surface area contributed by atoms with Crippen molar-refractivity contribution in [2.45, 2.75) is 44.6 Å². The second-order valence-electron chi connectivity index (χ2n) is 6.98. The number of likely N-dealkylation sites (N-methyl/N-ethyl adjacent to an activating group) is 1. The van der Waals surface area contributed by atoms with Gasteiger partial charge in [-0.05, 0) is 83.6 Å². The van der Waals surface area contributed by atoms with Gasteiger partial charge in [0.05, 0.1) is 0 Å². The van der Waals surface area contributed by atoms with Crippen LogP contribution in [0.1, 0.15) is 38.5 Å². The first-order chi connectivity index (χ1) is 9.35. The monoisotopic (exact) mass is 265 g/mol. The van der Waals surface area contributed by atoms with Crippen molar-refractivity contribution in [3.8, 4) is 0 Å². The number of piperidine rings is 1. The summed E-state index contributed by atoms with van der Waals surface area (Å²) in [5.41, 5.74) is 0. The molecule has 1 unspecified atom stereocenters. The van der Waals surface area contributed by atoms with Crippen molar-refractivity contribution >= 4 is 0 Å². The number of likely N-dealkylation sites (tertiary alicyclic amines) is 2. The molecule has 19 heavy (non-hydrogen) atoms. The van der Waals surface area contributed by atoms with Gasteiger partial charge >= 0.3 is 0 Å². The van der Waals surface area contributed by atoms with E-state index in [9.17, 15) is 0 Å². The Bertz CT molecular complexity index is 263. The molecule has 3 heteroatoms. The molecule has 1 atom stereocenters. The summed E-state index contributed by atoms with van der Waals surface area (Å²) in [6.45, 7) is 8.07. The van der Waals surface area contributed by atoms with Gasteiger partial charge in [0, 0.05) is 19.1 Å². The fourth-order valence-electron chi connectivity index (χ4n) is 3.93. The summed E-state index contributed by atoms with van der Waals surface area (Å²) in [6.07, 6.45) is 8.64. The molecule has 2 aliphatic heterocycles. The molecular weight excluding hydrogens is 234 g/mol. The highest BCUT2D eigenvalue weighted by Crippen LogP contribution is 2.33. The minimum absolute atomic E-state index is 0.759. The zero-order valence-electron chi connectivity index (χ0n) is 12.6. The molecule has 110 valence electrons. The number of nitrogens with one attached hydrogen (secondary N) is 1. The molecule has 0 aromatic rings. The summed E-state index contributed by atoms with van der Waals surface area (Å²) in [7, 11) is 2.14. The SMILES string of the molecule is CNC(CN1CCC(CN2CCCC2)CC1)C1CC1. The van der Waals surface area contributed by atoms with Gasteiger partial charge in [-0.3, -0.25) is 0 Å². The lowest BCUT2D eigenvalue weighted by molar-refractivity contribution is 0.141. The summed E-state index contributed by atoms with van der Waals surface area (Å²) >= 11 is 0. The molecule has 1 saturated carbocycles. The van der Waals surface area contributed by atoms with Gasteiger partial charge < -0.3 is 15.1 Å².